The van der Waals surface area contributed by atoms with Crippen LogP contribution in [0.5, 0.6) is 0 Å². The fourth-order valence-corrected chi connectivity index (χ4v) is 3.47. The summed E-state index contributed by atoms with van der Waals surface area (Å²) in [7, 11) is 0. The summed E-state index contributed by atoms with van der Waals surface area (Å²) in [5.74, 6) is 0.874. The summed E-state index contributed by atoms with van der Waals surface area (Å²) in [6.07, 6.45) is 10.0. The zero-order valence-electron chi connectivity index (χ0n) is 10.6. The summed E-state index contributed by atoms with van der Waals surface area (Å²) in [5, 5.41) is 0. The zero-order chi connectivity index (χ0) is 11.4. The number of hydrogen-bond donors (Lipinski definition) is 0. The van der Waals surface area contributed by atoms with Crippen LogP contribution in [0.4, 0.5) is 0 Å². The zero-order valence-corrected chi connectivity index (χ0v) is 10.6. The third-order valence-corrected chi connectivity index (χ3v) is 4.57. The van der Waals surface area contributed by atoms with Gasteiger partial charge in [0, 0.05) is 18.5 Å². The smallest absolute Gasteiger partial charge is 0.127 e. The standard InChI is InChI=1S/C14H25NO/c1-2-13-6-5-9-15(10-13)11-14(12-16)7-3-4-8-14/h12-13H,2-11H2,1H3. The molecule has 0 N–H and O–H groups in total. The van der Waals surface area contributed by atoms with Gasteiger partial charge in [-0.15, -0.1) is 0 Å². The highest BCUT2D eigenvalue weighted by molar-refractivity contribution is 5.60. The van der Waals surface area contributed by atoms with Crippen LogP contribution in [0.15, 0.2) is 0 Å². The van der Waals surface area contributed by atoms with Crippen molar-refractivity contribution in [2.24, 2.45) is 11.3 Å². The number of rotatable bonds is 4. The number of carbonyl (C=O) groups excluding carboxylic acids is 1. The molecule has 2 fully saturated rings. The molecule has 0 bridgehead atoms. The SMILES string of the molecule is CCC1CCCN(CC2(C=O)CCCC2)C1. The molecule has 2 aliphatic rings. The molecule has 0 radical (unpaired) electrons. The van der Waals surface area contributed by atoms with Gasteiger partial charge in [-0.05, 0) is 38.1 Å². The quantitative estimate of drug-likeness (QED) is 0.683. The summed E-state index contributed by atoms with van der Waals surface area (Å²) in [5.41, 5.74) is 0.0234. The van der Waals surface area contributed by atoms with Crippen molar-refractivity contribution in [1.82, 2.24) is 4.90 Å². The van der Waals surface area contributed by atoms with Crippen molar-refractivity contribution < 1.29 is 4.79 Å². The molecule has 1 unspecified atom stereocenters. The van der Waals surface area contributed by atoms with Gasteiger partial charge in [0.05, 0.1) is 0 Å². The van der Waals surface area contributed by atoms with Gasteiger partial charge in [0.1, 0.15) is 6.29 Å². The van der Waals surface area contributed by atoms with E-state index in [1.165, 1.54) is 51.5 Å². The Morgan fingerprint density at radius 1 is 1.31 bits per heavy atom. The molecule has 16 heavy (non-hydrogen) atoms. The molecule has 0 amide bonds. The molecule has 0 aromatic rings. The Balaban J connectivity index is 1.90. The molecule has 1 saturated carbocycles. The lowest BCUT2D eigenvalue weighted by Gasteiger charge is -2.37. The van der Waals surface area contributed by atoms with Crippen LogP contribution in [-0.2, 0) is 4.79 Å². The number of piperidine rings is 1. The molecule has 1 saturated heterocycles. The minimum Gasteiger partial charge on any atom is -0.303 e. The fourth-order valence-electron chi connectivity index (χ4n) is 3.47. The van der Waals surface area contributed by atoms with Crippen LogP contribution in [-0.4, -0.2) is 30.8 Å². The van der Waals surface area contributed by atoms with Crippen molar-refractivity contribution in [3.63, 3.8) is 0 Å². The number of carbonyl (C=O) groups is 1. The Hall–Kier alpha value is -0.370. The average molecular weight is 223 g/mol. The third-order valence-electron chi connectivity index (χ3n) is 4.57. The minimum atomic E-state index is 0.0234. The molecule has 2 heteroatoms. The van der Waals surface area contributed by atoms with Crippen molar-refractivity contribution in [2.45, 2.75) is 51.9 Å². The Kier molecular flexibility index (Phi) is 4.01. The van der Waals surface area contributed by atoms with E-state index in [4.69, 9.17) is 0 Å². The molecule has 2 nitrogen and oxygen atoms in total. The van der Waals surface area contributed by atoms with Crippen LogP contribution in [0.3, 0.4) is 0 Å². The average Bonchev–Trinajstić information content (AvgIpc) is 2.78. The van der Waals surface area contributed by atoms with Crippen LogP contribution >= 0.6 is 0 Å². The maximum atomic E-state index is 11.3. The number of nitrogens with zero attached hydrogens (tertiary/aromatic N) is 1. The molecule has 1 aliphatic carbocycles. The van der Waals surface area contributed by atoms with E-state index in [9.17, 15) is 4.79 Å². The predicted molar refractivity (Wildman–Crippen MR) is 66.4 cm³/mol. The first-order chi connectivity index (χ1) is 7.78. The molecule has 2 rings (SSSR count). The van der Waals surface area contributed by atoms with Crippen molar-refractivity contribution >= 4 is 6.29 Å². The van der Waals surface area contributed by atoms with Crippen LogP contribution in [0, 0.1) is 11.3 Å². The van der Waals surface area contributed by atoms with E-state index in [1.807, 2.05) is 0 Å². The van der Waals surface area contributed by atoms with Crippen LogP contribution in [0.1, 0.15) is 51.9 Å². The molecule has 1 heterocycles. The number of aldehydes is 1. The highest BCUT2D eigenvalue weighted by Crippen LogP contribution is 2.37. The van der Waals surface area contributed by atoms with E-state index in [0.29, 0.717) is 0 Å². The molecular formula is C14H25NO. The lowest BCUT2D eigenvalue weighted by molar-refractivity contribution is -0.117. The molecular weight excluding hydrogens is 198 g/mol. The van der Waals surface area contributed by atoms with Gasteiger partial charge in [-0.25, -0.2) is 0 Å². The normalized spacial score (nSPS) is 30.4. The van der Waals surface area contributed by atoms with Gasteiger partial charge < -0.3 is 9.69 Å². The lowest BCUT2D eigenvalue weighted by Crippen LogP contribution is -2.42. The summed E-state index contributed by atoms with van der Waals surface area (Å²) in [6, 6.07) is 0. The first-order valence-corrected chi connectivity index (χ1v) is 6.97. The topological polar surface area (TPSA) is 20.3 Å². The molecule has 0 aromatic heterocycles. The van der Waals surface area contributed by atoms with Crippen LogP contribution in [0.2, 0.25) is 0 Å². The first-order valence-electron chi connectivity index (χ1n) is 6.97. The highest BCUT2D eigenvalue weighted by atomic mass is 16.1. The van der Waals surface area contributed by atoms with E-state index >= 15 is 0 Å². The summed E-state index contributed by atoms with van der Waals surface area (Å²) in [6.45, 7) is 5.77. The fraction of sp³-hybridized carbons (Fsp3) is 0.929. The lowest BCUT2D eigenvalue weighted by atomic mass is 9.86. The van der Waals surface area contributed by atoms with E-state index in [-0.39, 0.29) is 5.41 Å². The van der Waals surface area contributed by atoms with Gasteiger partial charge in [0.25, 0.3) is 0 Å². The largest absolute Gasteiger partial charge is 0.303 e. The molecule has 0 spiro atoms. The third kappa shape index (κ3) is 2.65. The second kappa shape index (κ2) is 5.31. The summed E-state index contributed by atoms with van der Waals surface area (Å²) in [4.78, 5) is 13.9. The number of likely N-dealkylation sites (tertiary alicyclic amines) is 1. The molecule has 1 aliphatic heterocycles. The Morgan fingerprint density at radius 3 is 2.69 bits per heavy atom. The van der Waals surface area contributed by atoms with Crippen LogP contribution < -0.4 is 0 Å². The van der Waals surface area contributed by atoms with E-state index in [0.717, 1.165) is 25.3 Å². The van der Waals surface area contributed by atoms with Gasteiger partial charge in [-0.2, -0.15) is 0 Å². The molecule has 0 aromatic carbocycles. The van der Waals surface area contributed by atoms with Crippen molar-refractivity contribution in [3.8, 4) is 0 Å². The van der Waals surface area contributed by atoms with Gasteiger partial charge in [-0.3, -0.25) is 0 Å². The first kappa shape index (κ1) is 12.1. The molecule has 92 valence electrons. The second-order valence-corrected chi connectivity index (χ2v) is 5.84. The van der Waals surface area contributed by atoms with Crippen LogP contribution in [0.25, 0.3) is 0 Å². The van der Waals surface area contributed by atoms with Gasteiger partial charge >= 0.3 is 0 Å². The monoisotopic (exact) mass is 223 g/mol. The van der Waals surface area contributed by atoms with Gasteiger partial charge in [0.2, 0.25) is 0 Å². The summed E-state index contributed by atoms with van der Waals surface area (Å²) < 4.78 is 0. The van der Waals surface area contributed by atoms with Gasteiger partial charge in [0.15, 0.2) is 0 Å². The number of hydrogen-bond acceptors (Lipinski definition) is 2. The van der Waals surface area contributed by atoms with Crippen molar-refractivity contribution in [2.75, 3.05) is 19.6 Å². The van der Waals surface area contributed by atoms with Gasteiger partial charge in [-0.1, -0.05) is 26.2 Å². The van der Waals surface area contributed by atoms with E-state index < -0.39 is 0 Å². The summed E-state index contributed by atoms with van der Waals surface area (Å²) >= 11 is 0. The Morgan fingerprint density at radius 2 is 2.06 bits per heavy atom. The van der Waals surface area contributed by atoms with E-state index in [2.05, 4.69) is 11.8 Å². The highest BCUT2D eigenvalue weighted by Gasteiger charge is 2.36. The Bertz CT molecular complexity index is 233. The predicted octanol–water partition coefficient (Wildman–Crippen LogP) is 2.87. The minimum absolute atomic E-state index is 0.0234. The molecule has 1 atom stereocenters. The van der Waals surface area contributed by atoms with E-state index in [1.54, 1.807) is 0 Å². The second-order valence-electron chi connectivity index (χ2n) is 5.84. The van der Waals surface area contributed by atoms with Crippen molar-refractivity contribution in [3.05, 3.63) is 0 Å². The maximum absolute atomic E-state index is 11.3. The maximum Gasteiger partial charge on any atom is 0.127 e. The Labute approximate surface area is 99.4 Å². The van der Waals surface area contributed by atoms with Crippen molar-refractivity contribution in [1.29, 1.82) is 0 Å².